The van der Waals surface area contributed by atoms with Crippen LogP contribution in [0.1, 0.15) is 62.5 Å². The van der Waals surface area contributed by atoms with Crippen LogP contribution in [0, 0.1) is 0 Å². The molecule has 0 unspecified atom stereocenters. The SMILES string of the molecule is O=C(Cc1ccccc1)NC1CCC(Cc2ccccc2)(N2CCCCCC2)CC1. The van der Waals surface area contributed by atoms with Gasteiger partial charge in [-0.1, -0.05) is 73.5 Å². The summed E-state index contributed by atoms with van der Waals surface area (Å²) in [6, 6.07) is 21.4. The number of amides is 1. The van der Waals surface area contributed by atoms with Gasteiger partial charge in [0.25, 0.3) is 0 Å². The van der Waals surface area contributed by atoms with Gasteiger partial charge in [0.1, 0.15) is 0 Å². The van der Waals surface area contributed by atoms with Crippen LogP contribution in [0.4, 0.5) is 0 Å². The molecule has 0 spiro atoms. The predicted octanol–water partition coefficient (Wildman–Crippen LogP) is 5.15. The van der Waals surface area contributed by atoms with Gasteiger partial charge in [0.2, 0.25) is 5.91 Å². The molecule has 1 N–H and O–H groups in total. The summed E-state index contributed by atoms with van der Waals surface area (Å²) in [5.41, 5.74) is 2.80. The minimum Gasteiger partial charge on any atom is -0.353 e. The summed E-state index contributed by atoms with van der Waals surface area (Å²) in [5.74, 6) is 0.163. The molecular weight excluding hydrogens is 368 g/mol. The number of hydrogen-bond acceptors (Lipinski definition) is 2. The lowest BCUT2D eigenvalue weighted by Gasteiger charge is -2.48. The van der Waals surface area contributed by atoms with Crippen molar-refractivity contribution >= 4 is 5.91 Å². The number of likely N-dealkylation sites (tertiary alicyclic amines) is 1. The maximum Gasteiger partial charge on any atom is 0.224 e. The zero-order valence-electron chi connectivity index (χ0n) is 18.2. The zero-order valence-corrected chi connectivity index (χ0v) is 18.2. The number of nitrogens with one attached hydrogen (secondary N) is 1. The molecule has 2 aromatic carbocycles. The smallest absolute Gasteiger partial charge is 0.224 e. The molecule has 2 aliphatic rings. The molecule has 3 heteroatoms. The normalized spacial score (nSPS) is 25.4. The van der Waals surface area contributed by atoms with E-state index in [-0.39, 0.29) is 11.4 Å². The van der Waals surface area contributed by atoms with Gasteiger partial charge in [0.15, 0.2) is 0 Å². The average Bonchev–Trinajstić information content (AvgIpc) is 3.07. The summed E-state index contributed by atoms with van der Waals surface area (Å²) in [5, 5.41) is 3.33. The third-order valence-electron chi connectivity index (χ3n) is 7.14. The molecule has 2 fully saturated rings. The Hall–Kier alpha value is -2.13. The number of rotatable bonds is 6. The number of carbonyl (C=O) groups excluding carboxylic acids is 1. The van der Waals surface area contributed by atoms with Crippen LogP contribution >= 0.6 is 0 Å². The summed E-state index contributed by atoms with van der Waals surface area (Å²) in [7, 11) is 0. The van der Waals surface area contributed by atoms with E-state index in [1.54, 1.807) is 0 Å². The van der Waals surface area contributed by atoms with Crippen molar-refractivity contribution in [2.75, 3.05) is 13.1 Å². The molecular formula is C27H36N2O. The first-order chi connectivity index (χ1) is 14.7. The maximum absolute atomic E-state index is 12.6. The molecule has 1 saturated heterocycles. The quantitative estimate of drug-likeness (QED) is 0.722. The molecule has 1 amide bonds. The first kappa shape index (κ1) is 21.1. The molecule has 1 aliphatic carbocycles. The summed E-state index contributed by atoms with van der Waals surface area (Å²) < 4.78 is 0. The van der Waals surface area contributed by atoms with Gasteiger partial charge in [0.05, 0.1) is 6.42 Å². The van der Waals surface area contributed by atoms with E-state index in [0.717, 1.165) is 24.8 Å². The second-order valence-corrected chi connectivity index (χ2v) is 9.29. The highest BCUT2D eigenvalue weighted by atomic mass is 16.1. The Morgan fingerprint density at radius 1 is 0.833 bits per heavy atom. The number of benzene rings is 2. The molecule has 3 nitrogen and oxygen atoms in total. The van der Waals surface area contributed by atoms with Crippen LogP contribution in [0.15, 0.2) is 60.7 Å². The molecule has 0 atom stereocenters. The van der Waals surface area contributed by atoms with Crippen molar-refractivity contribution in [2.45, 2.75) is 75.8 Å². The maximum atomic E-state index is 12.6. The Morgan fingerprint density at radius 2 is 1.40 bits per heavy atom. The third kappa shape index (κ3) is 5.51. The van der Waals surface area contributed by atoms with Crippen LogP contribution in [0.25, 0.3) is 0 Å². The van der Waals surface area contributed by atoms with E-state index in [1.807, 2.05) is 30.3 Å². The fourth-order valence-electron chi connectivity index (χ4n) is 5.49. The van der Waals surface area contributed by atoms with Crippen LogP contribution in [-0.4, -0.2) is 35.5 Å². The van der Waals surface area contributed by atoms with Crippen LogP contribution in [-0.2, 0) is 17.6 Å². The minimum atomic E-state index is 0.163. The molecule has 1 heterocycles. The first-order valence-electron chi connectivity index (χ1n) is 11.9. The van der Waals surface area contributed by atoms with Gasteiger partial charge >= 0.3 is 0 Å². The fraction of sp³-hybridized carbons (Fsp3) is 0.519. The lowest BCUT2D eigenvalue weighted by molar-refractivity contribution is -0.121. The first-order valence-corrected chi connectivity index (χ1v) is 11.9. The second-order valence-electron chi connectivity index (χ2n) is 9.29. The summed E-state index contributed by atoms with van der Waals surface area (Å²) in [4.78, 5) is 15.4. The summed E-state index contributed by atoms with van der Waals surface area (Å²) in [6.45, 7) is 2.47. The number of nitrogens with zero attached hydrogens (tertiary/aromatic N) is 1. The van der Waals surface area contributed by atoms with E-state index in [1.165, 1.54) is 57.2 Å². The largest absolute Gasteiger partial charge is 0.353 e. The van der Waals surface area contributed by atoms with Gasteiger partial charge in [-0.15, -0.1) is 0 Å². The van der Waals surface area contributed by atoms with E-state index in [4.69, 9.17) is 0 Å². The van der Waals surface area contributed by atoms with Crippen molar-refractivity contribution < 1.29 is 4.79 Å². The molecule has 0 radical (unpaired) electrons. The summed E-state index contributed by atoms with van der Waals surface area (Å²) >= 11 is 0. The van der Waals surface area contributed by atoms with Crippen molar-refractivity contribution in [3.8, 4) is 0 Å². The third-order valence-corrected chi connectivity index (χ3v) is 7.14. The highest BCUT2D eigenvalue weighted by Gasteiger charge is 2.40. The lowest BCUT2D eigenvalue weighted by Crippen LogP contribution is -2.55. The van der Waals surface area contributed by atoms with Crippen molar-refractivity contribution in [2.24, 2.45) is 0 Å². The lowest BCUT2D eigenvalue weighted by atomic mass is 9.74. The summed E-state index contributed by atoms with van der Waals surface area (Å²) in [6.07, 6.45) is 11.6. The van der Waals surface area contributed by atoms with Crippen molar-refractivity contribution in [3.63, 3.8) is 0 Å². The molecule has 0 aromatic heterocycles. The molecule has 0 bridgehead atoms. The second kappa shape index (κ2) is 10.3. The Balaban J connectivity index is 1.40. The monoisotopic (exact) mass is 404 g/mol. The van der Waals surface area contributed by atoms with E-state index in [2.05, 4.69) is 40.5 Å². The number of carbonyl (C=O) groups is 1. The van der Waals surface area contributed by atoms with Crippen LogP contribution in [0.2, 0.25) is 0 Å². The van der Waals surface area contributed by atoms with Crippen LogP contribution < -0.4 is 5.32 Å². The number of hydrogen-bond donors (Lipinski definition) is 1. The van der Waals surface area contributed by atoms with Crippen molar-refractivity contribution in [1.82, 2.24) is 10.2 Å². The molecule has 1 aliphatic heterocycles. The molecule has 160 valence electrons. The predicted molar refractivity (Wildman–Crippen MR) is 123 cm³/mol. The molecule has 4 rings (SSSR count). The topological polar surface area (TPSA) is 32.3 Å². The zero-order chi connectivity index (χ0) is 20.7. The Bertz CT molecular complexity index is 773. The molecule has 30 heavy (non-hydrogen) atoms. The van der Waals surface area contributed by atoms with E-state index in [0.29, 0.717) is 12.5 Å². The fourth-order valence-corrected chi connectivity index (χ4v) is 5.49. The Morgan fingerprint density at radius 3 is 2.00 bits per heavy atom. The van der Waals surface area contributed by atoms with Gasteiger partial charge in [-0.05, 0) is 69.2 Å². The van der Waals surface area contributed by atoms with Gasteiger partial charge < -0.3 is 5.32 Å². The highest BCUT2D eigenvalue weighted by molar-refractivity contribution is 5.78. The highest BCUT2D eigenvalue weighted by Crippen LogP contribution is 2.38. The van der Waals surface area contributed by atoms with Crippen molar-refractivity contribution in [1.29, 1.82) is 0 Å². The van der Waals surface area contributed by atoms with E-state index >= 15 is 0 Å². The molecule has 1 saturated carbocycles. The van der Waals surface area contributed by atoms with E-state index < -0.39 is 0 Å². The Labute approximate surface area is 181 Å². The van der Waals surface area contributed by atoms with Gasteiger partial charge in [-0.2, -0.15) is 0 Å². The van der Waals surface area contributed by atoms with Gasteiger partial charge in [-0.25, -0.2) is 0 Å². The Kier molecular flexibility index (Phi) is 7.22. The van der Waals surface area contributed by atoms with Gasteiger partial charge in [-0.3, -0.25) is 9.69 Å². The van der Waals surface area contributed by atoms with Crippen molar-refractivity contribution in [3.05, 3.63) is 71.8 Å². The van der Waals surface area contributed by atoms with E-state index in [9.17, 15) is 4.79 Å². The van der Waals surface area contributed by atoms with Gasteiger partial charge in [0, 0.05) is 11.6 Å². The molecule has 2 aromatic rings. The minimum absolute atomic E-state index is 0.163. The van der Waals surface area contributed by atoms with Crippen LogP contribution in [0.5, 0.6) is 0 Å². The standard InChI is InChI=1S/C27H36N2O/c30-26(21-23-11-5-3-6-12-23)28-25-15-17-27(18-16-25,22-24-13-7-4-8-14-24)29-19-9-1-2-10-20-29/h3-8,11-14,25H,1-2,9-10,15-22H2,(H,28,30). The van der Waals surface area contributed by atoms with Crippen LogP contribution in [0.3, 0.4) is 0 Å². The average molecular weight is 405 g/mol.